The Labute approximate surface area is 174 Å². The highest BCUT2D eigenvalue weighted by Gasteiger charge is 2.31. The average Bonchev–Trinajstić information content (AvgIpc) is 3.13. The molecule has 0 fully saturated rings. The average molecular weight is 402 g/mol. The zero-order chi connectivity index (χ0) is 20.7. The molecule has 30 heavy (non-hydrogen) atoms. The van der Waals surface area contributed by atoms with Crippen molar-refractivity contribution in [3.05, 3.63) is 77.4 Å². The Kier molecular flexibility index (Phi) is 4.58. The van der Waals surface area contributed by atoms with Gasteiger partial charge in [0.05, 0.1) is 13.0 Å². The van der Waals surface area contributed by atoms with Crippen molar-refractivity contribution in [2.45, 2.75) is 25.4 Å². The Morgan fingerprint density at radius 2 is 1.80 bits per heavy atom. The number of benzene rings is 3. The van der Waals surface area contributed by atoms with E-state index in [-0.39, 0.29) is 18.4 Å². The molecule has 0 radical (unpaired) electrons. The number of aryl methyl sites for hydroxylation is 1. The summed E-state index contributed by atoms with van der Waals surface area (Å²) < 4.78 is 18.0. The second-order valence-electron chi connectivity index (χ2n) is 7.80. The number of carboxylic acid groups (broad SMARTS) is 1. The molecule has 2 atom stereocenters. The summed E-state index contributed by atoms with van der Waals surface area (Å²) in [5, 5.41) is 9.11. The van der Waals surface area contributed by atoms with Gasteiger partial charge in [0.25, 0.3) is 0 Å². The summed E-state index contributed by atoms with van der Waals surface area (Å²) in [4.78, 5) is 11.1. The van der Waals surface area contributed by atoms with Crippen LogP contribution in [0.3, 0.4) is 0 Å². The molecule has 1 N–H and O–H groups in total. The van der Waals surface area contributed by atoms with Crippen LogP contribution in [0.1, 0.15) is 35.1 Å². The highest BCUT2D eigenvalue weighted by atomic mass is 16.6. The zero-order valence-electron chi connectivity index (χ0n) is 16.6. The molecule has 0 bridgehead atoms. The van der Waals surface area contributed by atoms with Gasteiger partial charge < -0.3 is 19.3 Å². The summed E-state index contributed by atoms with van der Waals surface area (Å²) >= 11 is 0. The summed E-state index contributed by atoms with van der Waals surface area (Å²) in [6.07, 6.45) is -0.184. The number of hydrogen-bond acceptors (Lipinski definition) is 4. The van der Waals surface area contributed by atoms with Gasteiger partial charge in [-0.25, -0.2) is 0 Å². The molecule has 2 heterocycles. The molecule has 2 aliphatic heterocycles. The van der Waals surface area contributed by atoms with E-state index in [0.29, 0.717) is 30.5 Å². The molecule has 152 valence electrons. The fourth-order valence-corrected chi connectivity index (χ4v) is 4.19. The standard InChI is InChI=1S/C25H22O5/c1-15-5-2-3-8-19(15)16-6-4-7-17(9-16)24-14-29-22-11-20-18(10-25(26)27)13-28-21(20)12-23(22)30-24/h2-9,11-12,18,24H,10,13-14H2,1H3,(H,26,27)/t18-,24+/m1/s1. The lowest BCUT2D eigenvalue weighted by molar-refractivity contribution is -0.137. The number of ether oxygens (including phenoxy) is 3. The van der Waals surface area contributed by atoms with Crippen molar-refractivity contribution in [3.63, 3.8) is 0 Å². The summed E-state index contributed by atoms with van der Waals surface area (Å²) in [7, 11) is 0. The summed E-state index contributed by atoms with van der Waals surface area (Å²) in [5.74, 6) is 0.955. The molecule has 0 saturated heterocycles. The van der Waals surface area contributed by atoms with Gasteiger partial charge in [-0.2, -0.15) is 0 Å². The largest absolute Gasteiger partial charge is 0.492 e. The van der Waals surface area contributed by atoms with Gasteiger partial charge in [-0.05, 0) is 41.3 Å². The van der Waals surface area contributed by atoms with Crippen molar-refractivity contribution in [2.75, 3.05) is 13.2 Å². The lowest BCUT2D eigenvalue weighted by Gasteiger charge is -2.27. The highest BCUT2D eigenvalue weighted by molar-refractivity contribution is 5.69. The van der Waals surface area contributed by atoms with E-state index < -0.39 is 5.97 Å². The first kappa shape index (κ1) is 18.6. The smallest absolute Gasteiger partial charge is 0.304 e. The maximum absolute atomic E-state index is 11.1. The summed E-state index contributed by atoms with van der Waals surface area (Å²) in [6, 6.07) is 20.3. The molecule has 0 aliphatic carbocycles. The molecule has 0 saturated carbocycles. The van der Waals surface area contributed by atoms with Gasteiger partial charge in [-0.15, -0.1) is 0 Å². The maximum Gasteiger partial charge on any atom is 0.304 e. The molecule has 2 aliphatic rings. The lowest BCUT2D eigenvalue weighted by atomic mass is 9.96. The topological polar surface area (TPSA) is 65.0 Å². The molecule has 5 rings (SSSR count). The van der Waals surface area contributed by atoms with Gasteiger partial charge in [0.15, 0.2) is 17.6 Å². The first-order chi connectivity index (χ1) is 14.6. The first-order valence-corrected chi connectivity index (χ1v) is 10.1. The van der Waals surface area contributed by atoms with Crippen LogP contribution < -0.4 is 14.2 Å². The van der Waals surface area contributed by atoms with Gasteiger partial charge in [0, 0.05) is 17.5 Å². The molecular formula is C25H22O5. The predicted octanol–water partition coefficient (Wildman–Crippen LogP) is 5.13. The number of fused-ring (bicyclic) bond motifs is 2. The molecule has 0 unspecified atom stereocenters. The van der Waals surface area contributed by atoms with Crippen LogP contribution in [0, 0.1) is 6.92 Å². The number of aliphatic carboxylic acids is 1. The Bertz CT molecular complexity index is 1120. The SMILES string of the molecule is Cc1ccccc1-c1cccc([C@@H]2COc3cc4c(cc3O2)OC[C@H]4CC(=O)O)c1. The van der Waals surface area contributed by atoms with Gasteiger partial charge in [0.1, 0.15) is 12.4 Å². The Morgan fingerprint density at radius 1 is 0.967 bits per heavy atom. The van der Waals surface area contributed by atoms with E-state index in [2.05, 4.69) is 31.2 Å². The molecule has 5 nitrogen and oxygen atoms in total. The van der Waals surface area contributed by atoms with Crippen molar-refractivity contribution in [1.82, 2.24) is 0 Å². The third-order valence-corrected chi connectivity index (χ3v) is 5.75. The highest BCUT2D eigenvalue weighted by Crippen LogP contribution is 2.46. The normalized spacial score (nSPS) is 19.1. The first-order valence-electron chi connectivity index (χ1n) is 10.1. The Balaban J connectivity index is 1.41. The van der Waals surface area contributed by atoms with Crippen LogP contribution in [0.5, 0.6) is 17.2 Å². The van der Waals surface area contributed by atoms with Crippen LogP contribution in [-0.2, 0) is 4.79 Å². The van der Waals surface area contributed by atoms with Gasteiger partial charge in [0.2, 0.25) is 0 Å². The van der Waals surface area contributed by atoms with E-state index in [9.17, 15) is 4.79 Å². The lowest BCUT2D eigenvalue weighted by Crippen LogP contribution is -2.21. The van der Waals surface area contributed by atoms with E-state index >= 15 is 0 Å². The van der Waals surface area contributed by atoms with Crippen molar-refractivity contribution < 1.29 is 24.1 Å². The number of carbonyl (C=O) groups is 1. The minimum atomic E-state index is -0.833. The Hall–Kier alpha value is -3.47. The van der Waals surface area contributed by atoms with Gasteiger partial charge in [-0.3, -0.25) is 4.79 Å². The van der Waals surface area contributed by atoms with Crippen LogP contribution in [0.25, 0.3) is 11.1 Å². The van der Waals surface area contributed by atoms with Gasteiger partial charge in [-0.1, -0.05) is 42.5 Å². The van der Waals surface area contributed by atoms with E-state index in [1.165, 1.54) is 11.1 Å². The van der Waals surface area contributed by atoms with Crippen molar-refractivity contribution in [2.24, 2.45) is 0 Å². The minimum Gasteiger partial charge on any atom is -0.492 e. The molecule has 3 aromatic rings. The second-order valence-corrected chi connectivity index (χ2v) is 7.80. The fraction of sp³-hybridized carbons (Fsp3) is 0.240. The van der Waals surface area contributed by atoms with Crippen molar-refractivity contribution >= 4 is 5.97 Å². The molecular weight excluding hydrogens is 380 g/mol. The quantitative estimate of drug-likeness (QED) is 0.656. The molecule has 5 heteroatoms. The van der Waals surface area contributed by atoms with Crippen molar-refractivity contribution in [3.8, 4) is 28.4 Å². The monoisotopic (exact) mass is 402 g/mol. The second kappa shape index (κ2) is 7.41. The van der Waals surface area contributed by atoms with E-state index in [1.54, 1.807) is 0 Å². The summed E-state index contributed by atoms with van der Waals surface area (Å²) in [6.45, 7) is 2.87. The van der Waals surface area contributed by atoms with Crippen LogP contribution >= 0.6 is 0 Å². The van der Waals surface area contributed by atoms with Crippen LogP contribution in [-0.4, -0.2) is 24.3 Å². The zero-order valence-corrected chi connectivity index (χ0v) is 16.6. The Morgan fingerprint density at radius 3 is 2.63 bits per heavy atom. The van der Waals surface area contributed by atoms with E-state index in [0.717, 1.165) is 16.7 Å². The molecule has 0 aromatic heterocycles. The molecule has 3 aromatic carbocycles. The fourth-order valence-electron chi connectivity index (χ4n) is 4.19. The molecule has 0 amide bonds. The number of carboxylic acids is 1. The van der Waals surface area contributed by atoms with Crippen LogP contribution in [0.2, 0.25) is 0 Å². The van der Waals surface area contributed by atoms with Crippen LogP contribution in [0.15, 0.2) is 60.7 Å². The summed E-state index contributed by atoms with van der Waals surface area (Å²) in [5.41, 5.74) is 5.50. The van der Waals surface area contributed by atoms with E-state index in [1.807, 2.05) is 36.4 Å². The number of hydrogen-bond donors (Lipinski definition) is 1. The maximum atomic E-state index is 11.1. The van der Waals surface area contributed by atoms with Gasteiger partial charge >= 0.3 is 5.97 Å². The minimum absolute atomic E-state index is 0.0426. The number of rotatable bonds is 4. The van der Waals surface area contributed by atoms with Crippen molar-refractivity contribution in [1.29, 1.82) is 0 Å². The van der Waals surface area contributed by atoms with Crippen LogP contribution in [0.4, 0.5) is 0 Å². The van der Waals surface area contributed by atoms with E-state index in [4.69, 9.17) is 19.3 Å². The third-order valence-electron chi connectivity index (χ3n) is 5.75. The predicted molar refractivity (Wildman–Crippen MR) is 112 cm³/mol. The molecule has 0 spiro atoms. The third kappa shape index (κ3) is 3.36.